The molecule has 2 bridgehead atoms. The van der Waals surface area contributed by atoms with Crippen LogP contribution in [0.1, 0.15) is 49.7 Å². The van der Waals surface area contributed by atoms with Gasteiger partial charge in [0, 0.05) is 23.6 Å². The largest absolute Gasteiger partial charge is 0.298 e. The van der Waals surface area contributed by atoms with Gasteiger partial charge in [-0.2, -0.15) is 0 Å². The maximum atomic E-state index is 13.5. The van der Waals surface area contributed by atoms with E-state index in [1.165, 1.54) is 0 Å². The zero-order chi connectivity index (χ0) is 19.4. The number of hydrogen-bond acceptors (Lipinski definition) is 3. The summed E-state index contributed by atoms with van der Waals surface area (Å²) in [5.74, 6) is 0.573. The van der Waals surface area contributed by atoms with Crippen LogP contribution in [0.25, 0.3) is 11.1 Å². The average Bonchev–Trinajstić information content (AvgIpc) is 3.01. The minimum absolute atomic E-state index is 0.0319. The normalized spacial score (nSPS) is 31.3. The van der Waals surface area contributed by atoms with Crippen molar-refractivity contribution >= 4 is 23.2 Å². The van der Waals surface area contributed by atoms with Gasteiger partial charge in [-0.1, -0.05) is 30.7 Å². The minimum Gasteiger partial charge on any atom is -0.298 e. The van der Waals surface area contributed by atoms with Crippen molar-refractivity contribution in [2.24, 2.45) is 23.7 Å². The number of carbonyl (C=O) groups is 2. The number of nitrogens with zero attached hydrogens (tertiary/aromatic N) is 1. The topological polar surface area (TPSA) is 47.0 Å². The molecule has 28 heavy (non-hydrogen) atoms. The number of aromatic nitrogens is 1. The third kappa shape index (κ3) is 2.67. The van der Waals surface area contributed by atoms with Gasteiger partial charge in [0.25, 0.3) is 0 Å². The first-order valence-corrected chi connectivity index (χ1v) is 10.8. The molecule has 4 heteroatoms. The van der Waals surface area contributed by atoms with Crippen LogP contribution in [-0.4, -0.2) is 16.6 Å². The summed E-state index contributed by atoms with van der Waals surface area (Å²) < 4.78 is 0. The molecule has 0 spiro atoms. The van der Waals surface area contributed by atoms with Crippen LogP contribution in [0.4, 0.5) is 0 Å². The lowest BCUT2D eigenvalue weighted by Gasteiger charge is -2.43. The summed E-state index contributed by atoms with van der Waals surface area (Å²) in [6.45, 7) is 2.09. The second kappa shape index (κ2) is 6.81. The van der Waals surface area contributed by atoms with Gasteiger partial charge in [0.05, 0.1) is 0 Å². The number of hydrogen-bond donors (Lipinski definition) is 0. The van der Waals surface area contributed by atoms with Crippen molar-refractivity contribution in [3.8, 4) is 11.1 Å². The van der Waals surface area contributed by atoms with E-state index >= 15 is 0 Å². The summed E-state index contributed by atoms with van der Waals surface area (Å²) in [5.41, 5.74) is 3.95. The third-order valence-electron chi connectivity index (χ3n) is 7.34. The highest BCUT2D eigenvalue weighted by atomic mass is 35.5. The lowest BCUT2D eigenvalue weighted by atomic mass is 9.59. The maximum absolute atomic E-state index is 13.5. The molecule has 144 valence electrons. The first-order chi connectivity index (χ1) is 13.6. The maximum Gasteiger partial charge on any atom is 0.151 e. The van der Waals surface area contributed by atoms with Gasteiger partial charge in [0.15, 0.2) is 11.6 Å². The smallest absolute Gasteiger partial charge is 0.151 e. The lowest BCUT2D eigenvalue weighted by molar-refractivity contribution is -0.129. The van der Waals surface area contributed by atoms with Gasteiger partial charge in [-0.15, -0.1) is 0 Å². The fourth-order valence-electron chi connectivity index (χ4n) is 6.01. The number of pyridine rings is 1. The molecule has 4 saturated carbocycles. The number of halogens is 1. The Hall–Kier alpha value is -2.00. The zero-order valence-electron chi connectivity index (χ0n) is 16.0. The molecule has 1 aromatic heterocycles. The molecule has 4 aliphatic carbocycles. The van der Waals surface area contributed by atoms with E-state index in [-0.39, 0.29) is 23.4 Å². The number of benzene rings is 1. The van der Waals surface area contributed by atoms with Crippen molar-refractivity contribution in [1.82, 2.24) is 4.98 Å². The fraction of sp³-hybridized carbons (Fsp3) is 0.458. The predicted molar refractivity (Wildman–Crippen MR) is 109 cm³/mol. The van der Waals surface area contributed by atoms with E-state index in [1.807, 2.05) is 18.2 Å². The lowest BCUT2D eigenvalue weighted by Crippen LogP contribution is -2.41. The summed E-state index contributed by atoms with van der Waals surface area (Å²) in [4.78, 5) is 31.1. The molecule has 2 atom stereocenters. The Morgan fingerprint density at radius 3 is 2.07 bits per heavy atom. The van der Waals surface area contributed by atoms with E-state index < -0.39 is 5.92 Å². The number of rotatable bonds is 3. The van der Waals surface area contributed by atoms with E-state index in [1.54, 1.807) is 12.3 Å². The van der Waals surface area contributed by atoms with Crippen LogP contribution in [0.3, 0.4) is 0 Å². The molecule has 1 heterocycles. The van der Waals surface area contributed by atoms with Crippen LogP contribution >= 0.6 is 11.6 Å². The van der Waals surface area contributed by atoms with Crippen LogP contribution in [0.2, 0.25) is 5.15 Å². The standard InChI is InChI=1S/C24H24ClNO2/c1-2-13-3-8-16(17-9-10-19(25)26-12-17)11-18(13)22-23(27)20-14-4-5-15(7-6-14)21(20)24(22)28/h3,8-12,14-15,20-22H,2,4-7H2,1H3. The molecule has 3 nitrogen and oxygen atoms in total. The molecule has 1 aromatic carbocycles. The number of fused-ring (bicyclic) bond motifs is 2. The monoisotopic (exact) mass is 393 g/mol. The van der Waals surface area contributed by atoms with Gasteiger partial charge in [0.1, 0.15) is 11.1 Å². The van der Waals surface area contributed by atoms with E-state index in [2.05, 4.69) is 18.0 Å². The van der Waals surface area contributed by atoms with E-state index in [9.17, 15) is 9.59 Å². The third-order valence-corrected chi connectivity index (χ3v) is 7.57. The molecule has 4 aliphatic rings. The molecule has 0 saturated heterocycles. The summed E-state index contributed by atoms with van der Waals surface area (Å²) in [5, 5.41) is 0.454. The Morgan fingerprint density at radius 1 is 0.929 bits per heavy atom. The molecule has 2 unspecified atom stereocenters. The van der Waals surface area contributed by atoms with E-state index in [4.69, 9.17) is 11.6 Å². The average molecular weight is 394 g/mol. The van der Waals surface area contributed by atoms with Crippen LogP contribution in [0, 0.1) is 23.7 Å². The van der Waals surface area contributed by atoms with Gasteiger partial charge in [-0.25, -0.2) is 4.98 Å². The summed E-state index contributed by atoms with van der Waals surface area (Å²) in [7, 11) is 0. The zero-order valence-corrected chi connectivity index (χ0v) is 16.8. The predicted octanol–water partition coefficient (Wildman–Crippen LogP) is 5.25. The molecular weight excluding hydrogens is 370 g/mol. The second-order valence-corrected chi connectivity index (χ2v) is 8.99. The summed E-state index contributed by atoms with van der Waals surface area (Å²) in [6, 6.07) is 9.86. The second-order valence-electron chi connectivity index (χ2n) is 8.60. The fourth-order valence-corrected chi connectivity index (χ4v) is 6.12. The van der Waals surface area contributed by atoms with Crippen molar-refractivity contribution in [1.29, 1.82) is 0 Å². The quantitative estimate of drug-likeness (QED) is 0.528. The Bertz CT molecular complexity index is 914. The van der Waals surface area contributed by atoms with Gasteiger partial charge in [-0.3, -0.25) is 9.59 Å². The summed E-state index contributed by atoms with van der Waals surface area (Å²) >= 11 is 5.92. The van der Waals surface area contributed by atoms with Crippen molar-refractivity contribution in [2.45, 2.75) is 44.9 Å². The first-order valence-electron chi connectivity index (χ1n) is 10.4. The highest BCUT2D eigenvalue weighted by Gasteiger charge is 2.59. The molecule has 4 fully saturated rings. The van der Waals surface area contributed by atoms with Gasteiger partial charge >= 0.3 is 0 Å². The SMILES string of the molecule is CCc1ccc(-c2ccc(Cl)nc2)cc1C1C(=O)C2C3CCC(CC3)C2C1=O. The Balaban J connectivity index is 1.58. The Morgan fingerprint density at radius 2 is 1.54 bits per heavy atom. The van der Waals surface area contributed by atoms with Crippen LogP contribution in [0.5, 0.6) is 0 Å². The molecule has 6 rings (SSSR count). The van der Waals surface area contributed by atoms with E-state index in [0.29, 0.717) is 17.0 Å². The van der Waals surface area contributed by atoms with E-state index in [0.717, 1.165) is 54.4 Å². The number of ketones is 2. The van der Waals surface area contributed by atoms with Gasteiger partial charge < -0.3 is 0 Å². The molecule has 2 aromatic rings. The Kier molecular flexibility index (Phi) is 4.39. The van der Waals surface area contributed by atoms with Crippen molar-refractivity contribution in [2.75, 3.05) is 0 Å². The van der Waals surface area contributed by atoms with Crippen molar-refractivity contribution < 1.29 is 9.59 Å². The number of carbonyl (C=O) groups excluding carboxylic acids is 2. The van der Waals surface area contributed by atoms with Crippen LogP contribution in [-0.2, 0) is 16.0 Å². The molecule has 0 aliphatic heterocycles. The van der Waals surface area contributed by atoms with Crippen LogP contribution in [0.15, 0.2) is 36.5 Å². The number of aryl methyl sites for hydroxylation is 1. The number of Topliss-reactive ketones (excluding diaryl/α,β-unsaturated/α-hetero) is 2. The Labute approximate surface area is 170 Å². The van der Waals surface area contributed by atoms with Gasteiger partial charge in [0.2, 0.25) is 0 Å². The highest BCUT2D eigenvalue weighted by molar-refractivity contribution is 6.29. The summed E-state index contributed by atoms with van der Waals surface area (Å²) in [6.07, 6.45) is 7.03. The first kappa shape index (κ1) is 18.1. The highest BCUT2D eigenvalue weighted by Crippen LogP contribution is 2.56. The van der Waals surface area contributed by atoms with Crippen molar-refractivity contribution in [3.63, 3.8) is 0 Å². The molecule has 0 N–H and O–H groups in total. The van der Waals surface area contributed by atoms with Crippen molar-refractivity contribution in [3.05, 3.63) is 52.8 Å². The van der Waals surface area contributed by atoms with Crippen LogP contribution < -0.4 is 0 Å². The molecular formula is C24H24ClNO2. The molecule has 0 radical (unpaired) electrons. The molecule has 0 amide bonds. The van der Waals surface area contributed by atoms with Gasteiger partial charge in [-0.05, 0) is 78.8 Å². The minimum atomic E-state index is -0.577.